The van der Waals surface area contributed by atoms with Gasteiger partial charge in [-0.05, 0) is 0 Å². The second kappa shape index (κ2) is 6.22. The third-order valence-electron chi connectivity index (χ3n) is 3.47. The van der Waals surface area contributed by atoms with E-state index in [9.17, 15) is 0 Å². The molecule has 22 heavy (non-hydrogen) atoms. The number of nitrogens with zero attached hydrogens (tertiary/aromatic N) is 7. The van der Waals surface area contributed by atoms with Gasteiger partial charge in [-0.1, -0.05) is 0 Å². The predicted molar refractivity (Wildman–Crippen MR) is 79.8 cm³/mol. The standard InChI is InChI=1S/C14H15N7O/c1-22-12-2-3-18-14(19-12)21-8-6-20(7-9-21)13-11(10-15)16-4-5-17-13/h2-5H,6-9H2,1H3. The van der Waals surface area contributed by atoms with Gasteiger partial charge in [0.25, 0.3) is 0 Å². The van der Waals surface area contributed by atoms with E-state index >= 15 is 0 Å². The van der Waals surface area contributed by atoms with E-state index in [1.54, 1.807) is 25.6 Å². The molecule has 0 radical (unpaired) electrons. The van der Waals surface area contributed by atoms with E-state index in [0.29, 0.717) is 23.3 Å². The zero-order valence-corrected chi connectivity index (χ0v) is 12.2. The van der Waals surface area contributed by atoms with E-state index in [2.05, 4.69) is 35.8 Å². The third kappa shape index (κ3) is 2.74. The van der Waals surface area contributed by atoms with Crippen LogP contribution < -0.4 is 14.5 Å². The second-order valence-corrected chi connectivity index (χ2v) is 4.71. The van der Waals surface area contributed by atoms with E-state index < -0.39 is 0 Å². The van der Waals surface area contributed by atoms with E-state index in [4.69, 9.17) is 10.00 Å². The van der Waals surface area contributed by atoms with Crippen molar-refractivity contribution in [2.45, 2.75) is 0 Å². The molecule has 0 bridgehead atoms. The van der Waals surface area contributed by atoms with Crippen molar-refractivity contribution >= 4 is 11.8 Å². The number of anilines is 2. The molecule has 2 aromatic rings. The molecule has 1 aliphatic heterocycles. The molecule has 8 heteroatoms. The number of hydrogen-bond donors (Lipinski definition) is 0. The SMILES string of the molecule is COc1ccnc(N2CCN(c3nccnc3C#N)CC2)n1. The summed E-state index contributed by atoms with van der Waals surface area (Å²) in [6.45, 7) is 2.95. The summed E-state index contributed by atoms with van der Waals surface area (Å²) in [5.74, 6) is 1.84. The molecule has 1 aliphatic rings. The predicted octanol–water partition coefficient (Wildman–Crippen LogP) is 0.473. The number of nitriles is 1. The Bertz CT molecular complexity index is 692. The Balaban J connectivity index is 1.71. The molecule has 0 atom stereocenters. The molecule has 1 fully saturated rings. The number of hydrogen-bond acceptors (Lipinski definition) is 8. The Hall–Kier alpha value is -2.95. The molecule has 0 saturated carbocycles. The minimum absolute atomic E-state index is 0.355. The first-order valence-corrected chi connectivity index (χ1v) is 6.90. The van der Waals surface area contributed by atoms with Gasteiger partial charge in [-0.15, -0.1) is 0 Å². The van der Waals surface area contributed by atoms with Crippen LogP contribution in [0.25, 0.3) is 0 Å². The molecule has 0 N–H and O–H groups in total. The summed E-state index contributed by atoms with van der Waals surface area (Å²) < 4.78 is 5.12. The lowest BCUT2D eigenvalue weighted by atomic mass is 10.3. The summed E-state index contributed by atoms with van der Waals surface area (Å²) in [7, 11) is 1.58. The fourth-order valence-corrected chi connectivity index (χ4v) is 2.36. The molecule has 8 nitrogen and oxygen atoms in total. The third-order valence-corrected chi connectivity index (χ3v) is 3.47. The Morgan fingerprint density at radius 1 is 1.05 bits per heavy atom. The van der Waals surface area contributed by atoms with Gasteiger partial charge in [-0.2, -0.15) is 10.2 Å². The molecular weight excluding hydrogens is 282 g/mol. The van der Waals surface area contributed by atoms with Crippen LogP contribution in [0.15, 0.2) is 24.7 Å². The molecule has 0 aliphatic carbocycles. The number of rotatable bonds is 3. The van der Waals surface area contributed by atoms with Crippen LogP contribution in [0.5, 0.6) is 5.88 Å². The minimum Gasteiger partial charge on any atom is -0.481 e. The van der Waals surface area contributed by atoms with Gasteiger partial charge >= 0.3 is 0 Å². The van der Waals surface area contributed by atoms with E-state index in [1.807, 2.05) is 0 Å². The van der Waals surface area contributed by atoms with Crippen molar-refractivity contribution in [3.8, 4) is 11.9 Å². The van der Waals surface area contributed by atoms with Crippen molar-refractivity contribution in [2.24, 2.45) is 0 Å². The lowest BCUT2D eigenvalue weighted by molar-refractivity contribution is 0.396. The number of piperazine rings is 1. The van der Waals surface area contributed by atoms with Crippen molar-refractivity contribution in [1.82, 2.24) is 19.9 Å². The number of aromatic nitrogens is 4. The van der Waals surface area contributed by atoms with Crippen molar-refractivity contribution < 1.29 is 4.74 Å². The largest absolute Gasteiger partial charge is 0.481 e. The van der Waals surface area contributed by atoms with Crippen molar-refractivity contribution in [2.75, 3.05) is 43.1 Å². The van der Waals surface area contributed by atoms with Gasteiger partial charge in [-0.3, -0.25) is 0 Å². The summed E-state index contributed by atoms with van der Waals surface area (Å²) in [5, 5.41) is 9.11. The average Bonchev–Trinajstić information content (AvgIpc) is 2.62. The average molecular weight is 297 g/mol. The Labute approximate surface area is 128 Å². The van der Waals surface area contributed by atoms with Gasteiger partial charge < -0.3 is 14.5 Å². The molecule has 0 aromatic carbocycles. The molecule has 0 unspecified atom stereocenters. The Morgan fingerprint density at radius 3 is 2.50 bits per heavy atom. The van der Waals surface area contributed by atoms with Crippen LogP contribution in [0, 0.1) is 11.3 Å². The van der Waals surface area contributed by atoms with Crippen LogP contribution in [-0.2, 0) is 0 Å². The normalized spacial score (nSPS) is 14.5. The van der Waals surface area contributed by atoms with Crippen molar-refractivity contribution in [3.63, 3.8) is 0 Å². The van der Waals surface area contributed by atoms with Crippen LogP contribution in [0.1, 0.15) is 5.69 Å². The molecule has 3 rings (SSSR count). The Kier molecular flexibility index (Phi) is 3.96. The van der Waals surface area contributed by atoms with Crippen LogP contribution in [0.3, 0.4) is 0 Å². The first-order valence-electron chi connectivity index (χ1n) is 6.90. The number of methoxy groups -OCH3 is 1. The van der Waals surface area contributed by atoms with E-state index in [1.165, 1.54) is 6.20 Å². The molecule has 0 spiro atoms. The first kappa shape index (κ1) is 14.0. The van der Waals surface area contributed by atoms with Crippen molar-refractivity contribution in [3.05, 3.63) is 30.4 Å². The highest BCUT2D eigenvalue weighted by Gasteiger charge is 2.22. The maximum Gasteiger partial charge on any atom is 0.228 e. The van der Waals surface area contributed by atoms with Crippen LogP contribution in [0.4, 0.5) is 11.8 Å². The van der Waals surface area contributed by atoms with Gasteiger partial charge in [-0.25, -0.2) is 15.0 Å². The fraction of sp³-hybridized carbons (Fsp3) is 0.357. The van der Waals surface area contributed by atoms with Crippen LogP contribution in [-0.4, -0.2) is 53.2 Å². The van der Waals surface area contributed by atoms with E-state index in [0.717, 1.165) is 26.2 Å². The lowest BCUT2D eigenvalue weighted by Gasteiger charge is -2.35. The fourth-order valence-electron chi connectivity index (χ4n) is 2.36. The monoisotopic (exact) mass is 297 g/mol. The highest BCUT2D eigenvalue weighted by atomic mass is 16.5. The summed E-state index contributed by atoms with van der Waals surface area (Å²) in [4.78, 5) is 21.1. The molecule has 1 saturated heterocycles. The van der Waals surface area contributed by atoms with Gasteiger partial charge in [0.1, 0.15) is 6.07 Å². The topological polar surface area (TPSA) is 91.1 Å². The zero-order valence-electron chi connectivity index (χ0n) is 12.2. The highest BCUT2D eigenvalue weighted by molar-refractivity contribution is 5.51. The maximum atomic E-state index is 9.11. The molecule has 0 amide bonds. The quantitative estimate of drug-likeness (QED) is 0.807. The van der Waals surface area contributed by atoms with Gasteiger partial charge in [0.15, 0.2) is 11.5 Å². The molecular formula is C14H15N7O. The van der Waals surface area contributed by atoms with Gasteiger partial charge in [0.05, 0.1) is 7.11 Å². The maximum absolute atomic E-state index is 9.11. The Morgan fingerprint density at radius 2 is 1.77 bits per heavy atom. The molecule has 3 heterocycles. The minimum atomic E-state index is 0.355. The van der Waals surface area contributed by atoms with Crippen LogP contribution in [0.2, 0.25) is 0 Å². The van der Waals surface area contributed by atoms with Crippen LogP contribution >= 0.6 is 0 Å². The number of ether oxygens (including phenoxy) is 1. The summed E-state index contributed by atoms with van der Waals surface area (Å²) in [5.41, 5.74) is 0.355. The van der Waals surface area contributed by atoms with Crippen molar-refractivity contribution in [1.29, 1.82) is 5.26 Å². The zero-order chi connectivity index (χ0) is 15.4. The summed E-state index contributed by atoms with van der Waals surface area (Å²) >= 11 is 0. The van der Waals surface area contributed by atoms with E-state index in [-0.39, 0.29) is 0 Å². The lowest BCUT2D eigenvalue weighted by Crippen LogP contribution is -2.47. The highest BCUT2D eigenvalue weighted by Crippen LogP contribution is 2.19. The second-order valence-electron chi connectivity index (χ2n) is 4.71. The molecule has 2 aromatic heterocycles. The van der Waals surface area contributed by atoms with Gasteiger partial charge in [0, 0.05) is 50.8 Å². The smallest absolute Gasteiger partial charge is 0.228 e. The summed E-state index contributed by atoms with van der Waals surface area (Å²) in [6.07, 6.45) is 4.82. The van der Waals surface area contributed by atoms with Gasteiger partial charge in [0.2, 0.25) is 11.8 Å². The molecule has 112 valence electrons. The first-order chi connectivity index (χ1) is 10.8. The summed E-state index contributed by atoms with van der Waals surface area (Å²) in [6, 6.07) is 3.80.